The van der Waals surface area contributed by atoms with Crippen LogP contribution in [0.5, 0.6) is 0 Å². The van der Waals surface area contributed by atoms with Crippen molar-refractivity contribution in [1.29, 1.82) is 0 Å². The second-order valence-corrected chi connectivity index (χ2v) is 5.51. The van der Waals surface area contributed by atoms with Crippen LogP contribution in [0.2, 0.25) is 0 Å². The minimum Gasteiger partial charge on any atom is -0.480 e. The highest BCUT2D eigenvalue weighted by Crippen LogP contribution is 2.16. The minimum atomic E-state index is -1.03. The summed E-state index contributed by atoms with van der Waals surface area (Å²) in [6.45, 7) is 2.38. The van der Waals surface area contributed by atoms with Gasteiger partial charge in [0.25, 0.3) is 5.91 Å². The highest BCUT2D eigenvalue weighted by Gasteiger charge is 2.21. The highest BCUT2D eigenvalue weighted by atomic mass is 127. The normalized spacial score (nSPS) is 11.9. The van der Waals surface area contributed by atoms with Crippen molar-refractivity contribution in [2.75, 3.05) is 13.7 Å². The monoisotopic (exact) mass is 391 g/mol. The molecule has 0 bridgehead atoms. The van der Waals surface area contributed by atoms with Crippen molar-refractivity contribution in [3.63, 3.8) is 0 Å². The summed E-state index contributed by atoms with van der Waals surface area (Å²) in [6.07, 6.45) is 0.927. The Hall–Kier alpha value is -1.15. The van der Waals surface area contributed by atoms with Gasteiger partial charge in [-0.3, -0.25) is 4.79 Å². The molecule has 1 aromatic rings. The standard InChI is InChI=1S/C14H18INO4/c1-9-5-3-6-10(12(9)15)13(17)16-11(14(18)19)7-4-8-20-2/h3,5-6,11H,4,7-8H2,1-2H3,(H,16,17)(H,18,19). The summed E-state index contributed by atoms with van der Waals surface area (Å²) in [7, 11) is 1.56. The van der Waals surface area contributed by atoms with Crippen molar-refractivity contribution in [3.05, 3.63) is 32.9 Å². The van der Waals surface area contributed by atoms with Gasteiger partial charge >= 0.3 is 5.97 Å². The molecular formula is C14H18INO4. The number of hydrogen-bond acceptors (Lipinski definition) is 3. The number of methoxy groups -OCH3 is 1. The maximum Gasteiger partial charge on any atom is 0.326 e. The van der Waals surface area contributed by atoms with E-state index in [2.05, 4.69) is 27.9 Å². The van der Waals surface area contributed by atoms with E-state index in [1.165, 1.54) is 0 Å². The van der Waals surface area contributed by atoms with Crippen LogP contribution in [0.3, 0.4) is 0 Å². The number of benzene rings is 1. The lowest BCUT2D eigenvalue weighted by atomic mass is 10.1. The Morgan fingerprint density at radius 3 is 2.75 bits per heavy atom. The van der Waals surface area contributed by atoms with Crippen molar-refractivity contribution in [1.82, 2.24) is 5.32 Å². The van der Waals surface area contributed by atoms with E-state index in [-0.39, 0.29) is 5.91 Å². The lowest BCUT2D eigenvalue weighted by molar-refractivity contribution is -0.139. The van der Waals surface area contributed by atoms with Crippen LogP contribution in [0.25, 0.3) is 0 Å². The van der Waals surface area contributed by atoms with Crippen LogP contribution in [0.1, 0.15) is 28.8 Å². The lowest BCUT2D eigenvalue weighted by Crippen LogP contribution is -2.41. The van der Waals surface area contributed by atoms with Crippen LogP contribution in [0.4, 0.5) is 0 Å². The average molecular weight is 391 g/mol. The van der Waals surface area contributed by atoms with E-state index >= 15 is 0 Å². The molecule has 1 aromatic carbocycles. The van der Waals surface area contributed by atoms with Gasteiger partial charge in [0.05, 0.1) is 5.56 Å². The highest BCUT2D eigenvalue weighted by molar-refractivity contribution is 14.1. The lowest BCUT2D eigenvalue weighted by Gasteiger charge is -2.15. The minimum absolute atomic E-state index is 0.345. The Balaban J connectivity index is 2.75. The molecule has 0 spiro atoms. The Bertz CT molecular complexity index is 490. The Morgan fingerprint density at radius 2 is 2.15 bits per heavy atom. The number of ether oxygens (including phenoxy) is 1. The van der Waals surface area contributed by atoms with Gasteiger partial charge in [-0.1, -0.05) is 12.1 Å². The van der Waals surface area contributed by atoms with Gasteiger partial charge in [0.1, 0.15) is 6.04 Å². The summed E-state index contributed by atoms with van der Waals surface area (Å²) in [5.41, 5.74) is 1.49. The summed E-state index contributed by atoms with van der Waals surface area (Å²) in [6, 6.07) is 4.49. The zero-order valence-corrected chi connectivity index (χ0v) is 13.6. The number of carboxylic acids is 1. The topological polar surface area (TPSA) is 75.6 Å². The molecule has 0 saturated heterocycles. The summed E-state index contributed by atoms with van der Waals surface area (Å²) in [4.78, 5) is 23.3. The molecule has 0 radical (unpaired) electrons. The van der Waals surface area contributed by atoms with E-state index in [4.69, 9.17) is 9.84 Å². The second kappa shape index (κ2) is 8.21. The Labute approximate surface area is 131 Å². The molecule has 5 nitrogen and oxygen atoms in total. The molecule has 1 atom stereocenters. The van der Waals surface area contributed by atoms with Crippen LogP contribution >= 0.6 is 22.6 Å². The van der Waals surface area contributed by atoms with Gasteiger partial charge < -0.3 is 15.2 Å². The molecule has 0 aliphatic rings. The number of halogens is 1. The van der Waals surface area contributed by atoms with E-state index < -0.39 is 12.0 Å². The number of aryl methyl sites for hydroxylation is 1. The third-order valence-corrected chi connectivity index (χ3v) is 4.31. The number of carbonyl (C=O) groups is 2. The fraction of sp³-hybridized carbons (Fsp3) is 0.429. The first-order chi connectivity index (χ1) is 9.47. The molecule has 0 aliphatic carbocycles. The Morgan fingerprint density at radius 1 is 1.45 bits per heavy atom. The summed E-state index contributed by atoms with van der Waals surface area (Å²) in [5.74, 6) is -1.39. The molecular weight excluding hydrogens is 373 g/mol. The number of rotatable bonds is 7. The molecule has 2 N–H and O–H groups in total. The summed E-state index contributed by atoms with van der Waals surface area (Å²) in [5, 5.41) is 11.7. The van der Waals surface area contributed by atoms with E-state index in [0.29, 0.717) is 25.0 Å². The predicted molar refractivity (Wildman–Crippen MR) is 83.9 cm³/mol. The summed E-state index contributed by atoms with van der Waals surface area (Å²) >= 11 is 2.09. The molecule has 6 heteroatoms. The molecule has 1 unspecified atom stereocenters. The van der Waals surface area contributed by atoms with Gasteiger partial charge in [0.15, 0.2) is 0 Å². The third kappa shape index (κ3) is 4.75. The number of aliphatic carboxylic acids is 1. The maximum absolute atomic E-state index is 12.2. The van der Waals surface area contributed by atoms with Gasteiger partial charge in [0, 0.05) is 17.3 Å². The van der Waals surface area contributed by atoms with Crippen molar-refractivity contribution in [3.8, 4) is 0 Å². The SMILES string of the molecule is COCCCC(NC(=O)c1cccc(C)c1I)C(=O)O. The van der Waals surface area contributed by atoms with Crippen LogP contribution in [-0.2, 0) is 9.53 Å². The van der Waals surface area contributed by atoms with Gasteiger partial charge in [-0.25, -0.2) is 4.79 Å². The van der Waals surface area contributed by atoms with Crippen LogP contribution in [0, 0.1) is 10.5 Å². The molecule has 1 amide bonds. The molecule has 0 saturated carbocycles. The number of carbonyl (C=O) groups excluding carboxylic acids is 1. The van der Waals surface area contributed by atoms with E-state index in [0.717, 1.165) is 9.13 Å². The summed E-state index contributed by atoms with van der Waals surface area (Å²) < 4.78 is 5.73. The van der Waals surface area contributed by atoms with Crippen LogP contribution in [0.15, 0.2) is 18.2 Å². The molecule has 0 fully saturated rings. The zero-order valence-electron chi connectivity index (χ0n) is 11.5. The molecule has 0 aliphatic heterocycles. The van der Waals surface area contributed by atoms with Gasteiger partial charge in [-0.2, -0.15) is 0 Å². The molecule has 0 heterocycles. The first-order valence-electron chi connectivity index (χ1n) is 6.25. The third-order valence-electron chi connectivity index (χ3n) is 2.88. The molecule has 0 aromatic heterocycles. The number of hydrogen-bond donors (Lipinski definition) is 2. The largest absolute Gasteiger partial charge is 0.480 e. The fourth-order valence-electron chi connectivity index (χ4n) is 1.75. The fourth-order valence-corrected chi connectivity index (χ4v) is 2.35. The van der Waals surface area contributed by atoms with E-state index in [9.17, 15) is 9.59 Å². The van der Waals surface area contributed by atoms with Crippen LogP contribution in [-0.4, -0.2) is 36.7 Å². The quantitative estimate of drug-likeness (QED) is 0.552. The maximum atomic E-state index is 12.2. The zero-order chi connectivity index (χ0) is 15.1. The number of carboxylic acid groups (broad SMARTS) is 1. The van der Waals surface area contributed by atoms with Gasteiger partial charge in [0.2, 0.25) is 0 Å². The van der Waals surface area contributed by atoms with Gasteiger partial charge in [-0.15, -0.1) is 0 Å². The van der Waals surface area contributed by atoms with E-state index in [1.807, 2.05) is 13.0 Å². The van der Waals surface area contributed by atoms with Crippen molar-refractivity contribution in [2.24, 2.45) is 0 Å². The number of amides is 1. The smallest absolute Gasteiger partial charge is 0.326 e. The van der Waals surface area contributed by atoms with Crippen molar-refractivity contribution >= 4 is 34.5 Å². The Kier molecular flexibility index (Phi) is 6.94. The first-order valence-corrected chi connectivity index (χ1v) is 7.33. The van der Waals surface area contributed by atoms with Crippen molar-refractivity contribution in [2.45, 2.75) is 25.8 Å². The molecule has 110 valence electrons. The second-order valence-electron chi connectivity index (χ2n) is 4.44. The average Bonchev–Trinajstić information content (AvgIpc) is 2.40. The molecule has 1 rings (SSSR count). The van der Waals surface area contributed by atoms with Crippen LogP contribution < -0.4 is 5.32 Å². The van der Waals surface area contributed by atoms with Crippen molar-refractivity contribution < 1.29 is 19.4 Å². The van der Waals surface area contributed by atoms with Gasteiger partial charge in [-0.05, 0) is 54.0 Å². The predicted octanol–water partition coefficient (Wildman–Crippen LogP) is 2.21. The first kappa shape index (κ1) is 16.9. The van der Waals surface area contributed by atoms with E-state index in [1.54, 1.807) is 19.2 Å². The number of nitrogens with one attached hydrogen (secondary N) is 1. The molecule has 20 heavy (non-hydrogen) atoms.